The maximum atomic E-state index is 13.9. The van der Waals surface area contributed by atoms with Crippen LogP contribution in [0.25, 0.3) is 0 Å². The lowest BCUT2D eigenvalue weighted by Gasteiger charge is -2.43. The Balaban J connectivity index is 2.10. The molecule has 0 aromatic heterocycles. The van der Waals surface area contributed by atoms with Crippen LogP contribution in [-0.2, 0) is 0 Å². The van der Waals surface area contributed by atoms with Crippen LogP contribution in [-0.4, -0.2) is 30.8 Å². The largest absolute Gasteiger partial charge is 0.386 e. The maximum Gasteiger partial charge on any atom is 0.146 e. The van der Waals surface area contributed by atoms with E-state index in [-0.39, 0.29) is 11.4 Å². The second kappa shape index (κ2) is 3.68. The molecule has 1 saturated heterocycles. The Labute approximate surface area is 100 Å². The van der Waals surface area contributed by atoms with Crippen molar-refractivity contribution in [3.63, 3.8) is 0 Å². The van der Waals surface area contributed by atoms with Crippen molar-refractivity contribution in [2.24, 2.45) is 0 Å². The highest BCUT2D eigenvalue weighted by atomic mass is 19.1. The monoisotopic (exact) mass is 236 g/mol. The van der Waals surface area contributed by atoms with Crippen LogP contribution in [0.1, 0.15) is 24.5 Å². The van der Waals surface area contributed by atoms with Crippen LogP contribution in [0, 0.1) is 5.82 Å². The molecule has 2 aliphatic heterocycles. The fourth-order valence-corrected chi connectivity index (χ4v) is 3.27. The first kappa shape index (κ1) is 11.0. The van der Waals surface area contributed by atoms with Gasteiger partial charge in [-0.2, -0.15) is 0 Å². The minimum absolute atomic E-state index is 0.237. The number of piperidine rings is 1. The van der Waals surface area contributed by atoms with E-state index in [1.807, 2.05) is 18.0 Å². The number of nitrogens with zero attached hydrogens (tertiary/aromatic N) is 1. The molecule has 0 aliphatic carbocycles. The van der Waals surface area contributed by atoms with Gasteiger partial charge in [0.15, 0.2) is 0 Å². The summed E-state index contributed by atoms with van der Waals surface area (Å²) in [4.78, 5) is 1.95. The lowest BCUT2D eigenvalue weighted by atomic mass is 9.82. The number of nitrogens with one attached hydrogen (secondary N) is 1. The van der Waals surface area contributed by atoms with E-state index < -0.39 is 6.10 Å². The Bertz CT molecular complexity index is 443. The molecule has 92 valence electrons. The zero-order chi connectivity index (χ0) is 12.0. The highest BCUT2D eigenvalue weighted by molar-refractivity contribution is 5.63. The van der Waals surface area contributed by atoms with E-state index in [0.29, 0.717) is 5.69 Å². The van der Waals surface area contributed by atoms with Crippen molar-refractivity contribution in [3.05, 3.63) is 29.6 Å². The number of likely N-dealkylation sites (N-methyl/N-ethyl adjacent to an activating group) is 1. The van der Waals surface area contributed by atoms with Crippen LogP contribution in [0.2, 0.25) is 0 Å². The lowest BCUT2D eigenvalue weighted by Crippen LogP contribution is -2.53. The number of para-hydroxylation sites is 1. The SMILES string of the molecule is CN1c2c(F)cccc2C(O)C12CCNCC2. The summed E-state index contributed by atoms with van der Waals surface area (Å²) in [6.45, 7) is 1.74. The molecule has 1 atom stereocenters. The first-order valence-electron chi connectivity index (χ1n) is 6.08. The normalized spacial score (nSPS) is 26.3. The molecule has 1 aromatic carbocycles. The minimum Gasteiger partial charge on any atom is -0.386 e. The van der Waals surface area contributed by atoms with Crippen LogP contribution in [0.3, 0.4) is 0 Å². The molecule has 1 aromatic rings. The standard InChI is InChI=1S/C13H17FN2O/c1-16-11-9(3-2-4-10(11)14)12(17)13(16)5-7-15-8-6-13/h2-4,12,15,17H,5-8H2,1H3. The molecule has 0 radical (unpaired) electrons. The van der Waals surface area contributed by atoms with Gasteiger partial charge >= 0.3 is 0 Å². The Hall–Kier alpha value is -1.13. The van der Waals surface area contributed by atoms with Crippen LogP contribution in [0.4, 0.5) is 10.1 Å². The van der Waals surface area contributed by atoms with Gasteiger partial charge in [0.1, 0.15) is 11.9 Å². The fraction of sp³-hybridized carbons (Fsp3) is 0.538. The van der Waals surface area contributed by atoms with Gasteiger partial charge < -0.3 is 15.3 Å². The van der Waals surface area contributed by atoms with E-state index >= 15 is 0 Å². The van der Waals surface area contributed by atoms with Crippen molar-refractivity contribution in [2.75, 3.05) is 25.0 Å². The summed E-state index contributed by atoms with van der Waals surface area (Å²) in [5, 5.41) is 13.8. The van der Waals surface area contributed by atoms with Crippen molar-refractivity contribution >= 4 is 5.69 Å². The smallest absolute Gasteiger partial charge is 0.146 e. The van der Waals surface area contributed by atoms with E-state index in [1.165, 1.54) is 6.07 Å². The van der Waals surface area contributed by atoms with Gasteiger partial charge in [-0.25, -0.2) is 4.39 Å². The predicted molar refractivity (Wildman–Crippen MR) is 64.6 cm³/mol. The number of aliphatic hydroxyl groups is 1. The highest BCUT2D eigenvalue weighted by Crippen LogP contribution is 2.50. The van der Waals surface area contributed by atoms with Crippen molar-refractivity contribution in [2.45, 2.75) is 24.5 Å². The van der Waals surface area contributed by atoms with E-state index in [0.717, 1.165) is 31.5 Å². The van der Waals surface area contributed by atoms with Crippen molar-refractivity contribution in [1.82, 2.24) is 5.32 Å². The summed E-state index contributed by atoms with van der Waals surface area (Å²) < 4.78 is 13.9. The Kier molecular flexibility index (Phi) is 2.38. The summed E-state index contributed by atoms with van der Waals surface area (Å²) in [6, 6.07) is 4.96. The third-order valence-electron chi connectivity index (χ3n) is 4.29. The number of hydrogen-bond donors (Lipinski definition) is 2. The molecule has 2 heterocycles. The quantitative estimate of drug-likeness (QED) is 0.715. The summed E-state index contributed by atoms with van der Waals surface area (Å²) in [5.74, 6) is -0.237. The van der Waals surface area contributed by atoms with E-state index in [9.17, 15) is 9.50 Å². The number of fused-ring (bicyclic) bond motifs is 1. The molecule has 0 bridgehead atoms. The summed E-state index contributed by atoms with van der Waals surface area (Å²) >= 11 is 0. The minimum atomic E-state index is -0.583. The number of halogens is 1. The van der Waals surface area contributed by atoms with Crippen molar-refractivity contribution in [3.8, 4) is 0 Å². The van der Waals surface area contributed by atoms with Gasteiger partial charge in [-0.15, -0.1) is 0 Å². The first-order valence-corrected chi connectivity index (χ1v) is 6.08. The molecule has 2 N–H and O–H groups in total. The second-order valence-electron chi connectivity index (χ2n) is 4.99. The molecule has 3 nitrogen and oxygen atoms in total. The van der Waals surface area contributed by atoms with E-state index in [1.54, 1.807) is 6.07 Å². The number of anilines is 1. The van der Waals surface area contributed by atoms with E-state index in [4.69, 9.17) is 0 Å². The van der Waals surface area contributed by atoms with E-state index in [2.05, 4.69) is 5.32 Å². The number of aliphatic hydroxyl groups excluding tert-OH is 1. The summed E-state index contributed by atoms with van der Waals surface area (Å²) in [7, 11) is 1.89. The summed E-state index contributed by atoms with van der Waals surface area (Å²) in [6.07, 6.45) is 1.11. The molecule has 4 heteroatoms. The van der Waals surface area contributed by atoms with Gasteiger partial charge in [0.2, 0.25) is 0 Å². The first-order chi connectivity index (χ1) is 8.17. The third-order valence-corrected chi connectivity index (χ3v) is 4.29. The molecular formula is C13H17FN2O. The molecule has 0 amide bonds. The van der Waals surface area contributed by atoms with Gasteiger partial charge in [0.25, 0.3) is 0 Å². The highest BCUT2D eigenvalue weighted by Gasteiger charge is 2.50. The number of hydrogen-bond acceptors (Lipinski definition) is 3. The topological polar surface area (TPSA) is 35.5 Å². The molecule has 1 spiro atoms. The molecule has 0 saturated carbocycles. The fourth-order valence-electron chi connectivity index (χ4n) is 3.27. The molecule has 3 rings (SSSR count). The molecule has 2 aliphatic rings. The molecular weight excluding hydrogens is 219 g/mol. The predicted octanol–water partition coefficient (Wildman–Crippen LogP) is 1.43. The molecule has 1 unspecified atom stereocenters. The average Bonchev–Trinajstić information content (AvgIpc) is 2.55. The van der Waals surface area contributed by atoms with Crippen LogP contribution in [0.15, 0.2) is 18.2 Å². The van der Waals surface area contributed by atoms with Gasteiger partial charge in [-0.1, -0.05) is 12.1 Å². The zero-order valence-electron chi connectivity index (χ0n) is 9.91. The summed E-state index contributed by atoms with van der Waals surface area (Å²) in [5.41, 5.74) is 0.978. The lowest BCUT2D eigenvalue weighted by molar-refractivity contribution is 0.0733. The number of rotatable bonds is 0. The van der Waals surface area contributed by atoms with Gasteiger partial charge in [-0.05, 0) is 32.0 Å². The van der Waals surface area contributed by atoms with Crippen molar-refractivity contribution < 1.29 is 9.50 Å². The Morgan fingerprint density at radius 2 is 2.12 bits per heavy atom. The average molecular weight is 236 g/mol. The molecule has 1 fully saturated rings. The maximum absolute atomic E-state index is 13.9. The van der Waals surface area contributed by atoms with Gasteiger partial charge in [0, 0.05) is 12.6 Å². The van der Waals surface area contributed by atoms with Crippen LogP contribution in [0.5, 0.6) is 0 Å². The second-order valence-corrected chi connectivity index (χ2v) is 4.99. The third kappa shape index (κ3) is 1.34. The Morgan fingerprint density at radius 3 is 2.76 bits per heavy atom. The Morgan fingerprint density at radius 1 is 1.41 bits per heavy atom. The van der Waals surface area contributed by atoms with Crippen LogP contribution < -0.4 is 10.2 Å². The van der Waals surface area contributed by atoms with Crippen LogP contribution >= 0.6 is 0 Å². The van der Waals surface area contributed by atoms with Gasteiger partial charge in [-0.3, -0.25) is 0 Å². The van der Waals surface area contributed by atoms with Gasteiger partial charge in [0.05, 0.1) is 11.2 Å². The number of benzene rings is 1. The van der Waals surface area contributed by atoms with Crippen molar-refractivity contribution in [1.29, 1.82) is 0 Å². The zero-order valence-corrected chi connectivity index (χ0v) is 9.91. The molecule has 17 heavy (non-hydrogen) atoms.